The molecule has 0 bridgehead atoms. The molecule has 0 spiro atoms. The highest BCUT2D eigenvalue weighted by Crippen LogP contribution is 2.26. The number of hydrogen-bond acceptors (Lipinski definition) is 3. The molecule has 0 amide bonds. The molecule has 0 atom stereocenters. The fourth-order valence-corrected chi connectivity index (χ4v) is 4.11. The van der Waals surface area contributed by atoms with E-state index in [-0.39, 0.29) is 5.76 Å². The van der Waals surface area contributed by atoms with Crippen molar-refractivity contribution in [1.82, 2.24) is 0 Å². The van der Waals surface area contributed by atoms with Crippen LogP contribution in [0, 0.1) is 6.92 Å². The smallest absolute Gasteiger partial charge is 0.289 e. The summed E-state index contributed by atoms with van der Waals surface area (Å²) in [5.41, 5.74) is 2.54. The minimum atomic E-state index is 0.156. The van der Waals surface area contributed by atoms with E-state index in [0.29, 0.717) is 10.7 Å². The van der Waals surface area contributed by atoms with Gasteiger partial charge in [-0.05, 0) is 35.9 Å². The molecule has 2 N–H and O–H groups in total. The lowest BCUT2D eigenvalue weighted by Crippen LogP contribution is -2.38. The molecular weight excluding hydrogens is 384 g/mol. The number of thiocarbonyl (C=S) groups is 1. The van der Waals surface area contributed by atoms with Crippen molar-refractivity contribution in [2.75, 3.05) is 5.32 Å². The maximum absolute atomic E-state index is 11.0. The molecule has 5 heteroatoms. The van der Waals surface area contributed by atoms with Crippen LogP contribution in [0.15, 0.2) is 84.5 Å². The highest BCUT2D eigenvalue weighted by Gasteiger charge is 2.24. The molecule has 0 radical (unpaired) electrons. The van der Waals surface area contributed by atoms with Crippen molar-refractivity contribution in [2.24, 2.45) is 0 Å². The summed E-state index contributed by atoms with van der Waals surface area (Å²) in [5, 5.41) is 18.5. The van der Waals surface area contributed by atoms with Gasteiger partial charge < -0.3 is 10.4 Å². The second-order valence-electron chi connectivity index (χ2n) is 6.44. The number of benzene rings is 2. The monoisotopic (exact) mass is 403 g/mol. The average Bonchev–Trinajstić information content (AvgIpc) is 3.23. The number of fused-ring (bicyclic) bond motifs is 1. The largest absolute Gasteiger partial charge is 0.501 e. The van der Waals surface area contributed by atoms with Crippen LogP contribution >= 0.6 is 23.6 Å². The summed E-state index contributed by atoms with van der Waals surface area (Å²) in [6.07, 6.45) is 3.85. The topological polar surface area (TPSA) is 36.1 Å². The van der Waals surface area contributed by atoms with E-state index in [1.807, 2.05) is 77.8 Å². The van der Waals surface area contributed by atoms with Crippen molar-refractivity contribution in [3.05, 3.63) is 94.9 Å². The Bertz CT molecular complexity index is 1170. The number of hydrogen-bond donors (Lipinski definition) is 2. The first-order valence-electron chi connectivity index (χ1n) is 8.88. The highest BCUT2D eigenvalue weighted by molar-refractivity contribution is 7.81. The van der Waals surface area contributed by atoms with Gasteiger partial charge in [-0.3, -0.25) is 0 Å². The quantitative estimate of drug-likeness (QED) is 0.195. The molecule has 138 valence electrons. The Morgan fingerprint density at radius 1 is 1.00 bits per heavy atom. The average molecular weight is 404 g/mol. The van der Waals surface area contributed by atoms with E-state index in [4.69, 9.17) is 12.2 Å². The number of anilines is 1. The third-order valence-electron chi connectivity index (χ3n) is 4.44. The van der Waals surface area contributed by atoms with Gasteiger partial charge >= 0.3 is 0 Å². The van der Waals surface area contributed by atoms with Crippen molar-refractivity contribution >= 4 is 56.5 Å². The highest BCUT2D eigenvalue weighted by atomic mass is 32.1. The maximum Gasteiger partial charge on any atom is 0.289 e. The van der Waals surface area contributed by atoms with Crippen molar-refractivity contribution in [3.63, 3.8) is 0 Å². The summed E-state index contributed by atoms with van der Waals surface area (Å²) >= 11 is 7.23. The molecule has 0 saturated heterocycles. The number of aryl methyl sites for hydroxylation is 1. The molecule has 4 rings (SSSR count). The summed E-state index contributed by atoms with van der Waals surface area (Å²) in [6.45, 7) is 2.01. The van der Waals surface area contributed by atoms with Crippen LogP contribution in [0.4, 0.5) is 5.69 Å². The van der Waals surface area contributed by atoms with E-state index in [9.17, 15) is 5.11 Å². The van der Waals surface area contributed by atoms with Gasteiger partial charge in [0.2, 0.25) is 5.76 Å². The normalized spacial score (nSPS) is 11.9. The molecule has 0 fully saturated rings. The minimum absolute atomic E-state index is 0.156. The lowest BCUT2D eigenvalue weighted by molar-refractivity contribution is -0.576. The van der Waals surface area contributed by atoms with Crippen LogP contribution in [0.25, 0.3) is 22.2 Å². The number of rotatable bonds is 4. The number of thiophene rings is 1. The predicted octanol–water partition coefficient (Wildman–Crippen LogP) is 5.82. The van der Waals surface area contributed by atoms with E-state index in [1.165, 1.54) is 11.3 Å². The lowest BCUT2D eigenvalue weighted by atomic mass is 10.1. The van der Waals surface area contributed by atoms with Crippen molar-refractivity contribution in [2.45, 2.75) is 6.92 Å². The van der Waals surface area contributed by atoms with Crippen LogP contribution in [-0.2, 0) is 0 Å². The molecule has 0 aliphatic rings. The van der Waals surface area contributed by atoms with E-state index in [1.54, 1.807) is 0 Å². The fourth-order valence-electron chi connectivity index (χ4n) is 3.13. The van der Waals surface area contributed by atoms with E-state index < -0.39 is 0 Å². The second-order valence-corrected chi connectivity index (χ2v) is 7.80. The van der Waals surface area contributed by atoms with Crippen LogP contribution in [0.2, 0.25) is 0 Å². The van der Waals surface area contributed by atoms with E-state index >= 15 is 0 Å². The third kappa shape index (κ3) is 3.67. The molecule has 2 aromatic heterocycles. The lowest BCUT2D eigenvalue weighted by Gasteiger charge is -2.12. The zero-order chi connectivity index (χ0) is 19.5. The minimum Gasteiger partial charge on any atom is -0.501 e. The van der Waals surface area contributed by atoms with Gasteiger partial charge in [-0.2, -0.15) is 4.57 Å². The van der Waals surface area contributed by atoms with Crippen molar-refractivity contribution in [1.29, 1.82) is 0 Å². The van der Waals surface area contributed by atoms with E-state index in [0.717, 1.165) is 26.9 Å². The number of aromatic nitrogens is 1. The molecule has 28 heavy (non-hydrogen) atoms. The fraction of sp³-hybridized carbons (Fsp3) is 0.0435. The Morgan fingerprint density at radius 3 is 2.61 bits per heavy atom. The maximum atomic E-state index is 11.0. The van der Waals surface area contributed by atoms with Gasteiger partial charge in [0.1, 0.15) is 0 Å². The Labute approximate surface area is 173 Å². The van der Waals surface area contributed by atoms with Gasteiger partial charge in [-0.1, -0.05) is 54.7 Å². The summed E-state index contributed by atoms with van der Waals surface area (Å²) in [4.78, 5) is 1.23. The Kier molecular flexibility index (Phi) is 5.19. The molecule has 0 unspecified atom stereocenters. The van der Waals surface area contributed by atoms with Gasteiger partial charge in [-0.25, -0.2) is 0 Å². The summed E-state index contributed by atoms with van der Waals surface area (Å²) in [5.74, 6) is 0.156. The van der Waals surface area contributed by atoms with E-state index in [2.05, 4.69) is 23.5 Å². The molecule has 0 aliphatic heterocycles. The molecular formula is C23H19N2OS2+. The van der Waals surface area contributed by atoms with Crippen LogP contribution in [0.3, 0.4) is 0 Å². The number of nitrogens with zero attached hydrogens (tertiary/aromatic N) is 1. The first-order valence-corrected chi connectivity index (χ1v) is 10.2. The summed E-state index contributed by atoms with van der Waals surface area (Å²) in [6, 6.07) is 22.0. The number of aliphatic hydroxyl groups is 1. The van der Waals surface area contributed by atoms with Gasteiger partial charge in [0.15, 0.2) is 17.4 Å². The van der Waals surface area contributed by atoms with Gasteiger partial charge in [-0.15, -0.1) is 11.3 Å². The molecule has 0 saturated carbocycles. The van der Waals surface area contributed by atoms with Crippen LogP contribution in [0.1, 0.15) is 10.4 Å². The summed E-state index contributed by atoms with van der Waals surface area (Å²) in [7, 11) is 0. The Balaban J connectivity index is 1.81. The number of pyridine rings is 1. The molecule has 0 aliphatic carbocycles. The van der Waals surface area contributed by atoms with Crippen molar-refractivity contribution < 1.29 is 9.67 Å². The Hall–Kier alpha value is -3.02. The SMILES string of the molecule is Cc1ccc[n+](C(C(=S)Nc2cccc3ccccc23)=C(O)c2cccs2)c1. The number of nitrogens with one attached hydrogen (secondary N) is 1. The van der Waals surface area contributed by atoms with Gasteiger partial charge in [0.05, 0.1) is 4.88 Å². The second kappa shape index (κ2) is 7.92. The first-order chi connectivity index (χ1) is 13.6. The third-order valence-corrected chi connectivity index (χ3v) is 5.61. The zero-order valence-electron chi connectivity index (χ0n) is 15.3. The predicted molar refractivity (Wildman–Crippen MR) is 122 cm³/mol. The summed E-state index contributed by atoms with van der Waals surface area (Å²) < 4.78 is 1.87. The molecule has 3 nitrogen and oxygen atoms in total. The number of aliphatic hydroxyl groups excluding tert-OH is 1. The van der Waals surface area contributed by atoms with Crippen molar-refractivity contribution in [3.8, 4) is 0 Å². The van der Waals surface area contributed by atoms with Gasteiger partial charge in [0, 0.05) is 22.7 Å². The first kappa shape index (κ1) is 18.3. The molecule has 4 aromatic rings. The molecule has 2 aromatic carbocycles. The van der Waals surface area contributed by atoms with Gasteiger partial charge in [0.25, 0.3) is 5.70 Å². The molecule has 2 heterocycles. The van der Waals surface area contributed by atoms with Crippen LogP contribution in [-0.4, -0.2) is 10.1 Å². The van der Waals surface area contributed by atoms with Crippen LogP contribution in [0.5, 0.6) is 0 Å². The Morgan fingerprint density at radius 2 is 1.82 bits per heavy atom. The standard InChI is InChI=1S/C23H18N2OS2/c1-16-7-5-13-25(15-16)21(22(26)20-12-6-14-28-20)23(27)24-19-11-4-9-17-8-2-3-10-18(17)19/h2-15H,1H3,(H-,24,26,27)/p+1. The zero-order valence-corrected chi connectivity index (χ0v) is 16.9. The van der Waals surface area contributed by atoms with Crippen LogP contribution < -0.4 is 9.88 Å².